The molecule has 0 bridgehead atoms. The number of nitrogens with one attached hydrogen (secondary N) is 1. The van der Waals surface area contributed by atoms with Crippen LogP contribution in [0.2, 0.25) is 5.02 Å². The van der Waals surface area contributed by atoms with Crippen molar-refractivity contribution >= 4 is 11.6 Å². The van der Waals surface area contributed by atoms with Crippen LogP contribution >= 0.6 is 11.6 Å². The Bertz CT molecular complexity index is 472. The normalized spacial score (nSPS) is 31.4. The van der Waals surface area contributed by atoms with Crippen LogP contribution in [0.1, 0.15) is 38.7 Å². The van der Waals surface area contributed by atoms with E-state index in [1.54, 1.807) is 0 Å². The zero-order chi connectivity index (χ0) is 14.2. The second-order valence-corrected chi connectivity index (χ2v) is 7.04. The standard InChI is InChI=1S/C17H25ClN2/c1-3-15-10-19-17(2,14-8-9-14)12-20(15)11-13-6-4-5-7-16(13)18/h4-7,14-15,19H,3,8-12H2,1-2H3. The molecule has 2 unspecified atom stereocenters. The number of halogens is 1. The van der Waals surface area contributed by atoms with Gasteiger partial charge in [-0.2, -0.15) is 0 Å². The molecule has 0 radical (unpaired) electrons. The molecule has 0 amide bonds. The minimum atomic E-state index is 0.299. The van der Waals surface area contributed by atoms with E-state index in [-0.39, 0.29) is 0 Å². The fraction of sp³-hybridized carbons (Fsp3) is 0.647. The molecule has 0 aromatic heterocycles. The number of piperazine rings is 1. The van der Waals surface area contributed by atoms with Crippen molar-refractivity contribution in [2.45, 2.75) is 51.2 Å². The van der Waals surface area contributed by atoms with E-state index in [0.717, 1.165) is 30.6 Å². The van der Waals surface area contributed by atoms with Gasteiger partial charge in [-0.05, 0) is 43.7 Å². The lowest BCUT2D eigenvalue weighted by Gasteiger charge is -2.46. The van der Waals surface area contributed by atoms with Gasteiger partial charge >= 0.3 is 0 Å². The van der Waals surface area contributed by atoms with Crippen molar-refractivity contribution in [3.63, 3.8) is 0 Å². The van der Waals surface area contributed by atoms with Crippen molar-refractivity contribution in [3.05, 3.63) is 34.9 Å². The molecule has 2 aliphatic rings. The molecule has 3 heteroatoms. The lowest BCUT2D eigenvalue weighted by atomic mass is 9.90. The molecule has 1 aliphatic carbocycles. The van der Waals surface area contributed by atoms with Crippen LogP contribution in [0.15, 0.2) is 24.3 Å². The molecule has 2 fully saturated rings. The van der Waals surface area contributed by atoms with Crippen molar-refractivity contribution < 1.29 is 0 Å². The first-order valence-corrected chi connectivity index (χ1v) is 8.22. The molecule has 1 saturated heterocycles. The number of hydrogen-bond donors (Lipinski definition) is 1. The van der Waals surface area contributed by atoms with Crippen molar-refractivity contribution in [1.82, 2.24) is 10.2 Å². The lowest BCUT2D eigenvalue weighted by molar-refractivity contribution is 0.0666. The van der Waals surface area contributed by atoms with Crippen molar-refractivity contribution in [2.24, 2.45) is 5.92 Å². The van der Waals surface area contributed by atoms with Crippen LogP contribution in [-0.2, 0) is 6.54 Å². The van der Waals surface area contributed by atoms with Crippen LogP contribution in [0.3, 0.4) is 0 Å². The van der Waals surface area contributed by atoms with E-state index in [1.165, 1.54) is 24.8 Å². The summed E-state index contributed by atoms with van der Waals surface area (Å²) < 4.78 is 0. The summed E-state index contributed by atoms with van der Waals surface area (Å²) >= 11 is 6.34. The Labute approximate surface area is 127 Å². The average Bonchev–Trinajstić information content (AvgIpc) is 3.27. The van der Waals surface area contributed by atoms with Gasteiger partial charge in [-0.3, -0.25) is 4.90 Å². The van der Waals surface area contributed by atoms with Gasteiger partial charge in [0.15, 0.2) is 0 Å². The van der Waals surface area contributed by atoms with Crippen molar-refractivity contribution in [2.75, 3.05) is 13.1 Å². The molecule has 110 valence electrons. The second kappa shape index (κ2) is 5.67. The first-order chi connectivity index (χ1) is 9.62. The molecule has 3 rings (SSSR count). The number of nitrogens with zero attached hydrogens (tertiary/aromatic N) is 1. The van der Waals surface area contributed by atoms with Crippen LogP contribution in [0.5, 0.6) is 0 Å². The average molecular weight is 293 g/mol. The molecule has 1 heterocycles. The third kappa shape index (κ3) is 2.88. The van der Waals surface area contributed by atoms with E-state index in [2.05, 4.69) is 36.2 Å². The number of rotatable bonds is 4. The van der Waals surface area contributed by atoms with Crippen molar-refractivity contribution in [3.8, 4) is 0 Å². The summed E-state index contributed by atoms with van der Waals surface area (Å²) in [4.78, 5) is 2.63. The molecule has 1 aromatic rings. The highest BCUT2D eigenvalue weighted by Crippen LogP contribution is 2.41. The highest BCUT2D eigenvalue weighted by Gasteiger charge is 2.45. The Kier molecular flexibility index (Phi) is 4.07. The second-order valence-electron chi connectivity index (χ2n) is 6.63. The van der Waals surface area contributed by atoms with Gasteiger partial charge in [0.25, 0.3) is 0 Å². The Hall–Kier alpha value is -0.570. The predicted molar refractivity (Wildman–Crippen MR) is 85.1 cm³/mol. The van der Waals surface area contributed by atoms with E-state index in [9.17, 15) is 0 Å². The molecular formula is C17H25ClN2. The predicted octanol–water partition coefficient (Wildman–Crippen LogP) is 3.69. The minimum Gasteiger partial charge on any atom is -0.308 e. The minimum absolute atomic E-state index is 0.299. The largest absolute Gasteiger partial charge is 0.308 e. The molecule has 1 saturated carbocycles. The summed E-state index contributed by atoms with van der Waals surface area (Å²) in [7, 11) is 0. The fourth-order valence-electron chi connectivity index (χ4n) is 3.51. The van der Waals surface area contributed by atoms with E-state index >= 15 is 0 Å². The van der Waals surface area contributed by atoms with E-state index < -0.39 is 0 Å². The first-order valence-electron chi connectivity index (χ1n) is 7.85. The highest BCUT2D eigenvalue weighted by atomic mass is 35.5. The van der Waals surface area contributed by atoms with Crippen LogP contribution in [0.4, 0.5) is 0 Å². The smallest absolute Gasteiger partial charge is 0.0451 e. The van der Waals surface area contributed by atoms with Gasteiger partial charge in [-0.1, -0.05) is 36.7 Å². The molecular weight excluding hydrogens is 268 g/mol. The zero-order valence-corrected chi connectivity index (χ0v) is 13.3. The Morgan fingerprint density at radius 1 is 1.35 bits per heavy atom. The van der Waals surface area contributed by atoms with Gasteiger partial charge in [-0.25, -0.2) is 0 Å². The summed E-state index contributed by atoms with van der Waals surface area (Å²) in [5.41, 5.74) is 1.56. The number of hydrogen-bond acceptors (Lipinski definition) is 2. The van der Waals surface area contributed by atoms with Crippen LogP contribution < -0.4 is 5.32 Å². The zero-order valence-electron chi connectivity index (χ0n) is 12.5. The molecule has 2 atom stereocenters. The van der Waals surface area contributed by atoms with E-state index in [0.29, 0.717) is 11.6 Å². The van der Waals surface area contributed by atoms with Gasteiger partial charge in [0.1, 0.15) is 0 Å². The van der Waals surface area contributed by atoms with E-state index in [1.807, 2.05) is 12.1 Å². The quantitative estimate of drug-likeness (QED) is 0.910. The van der Waals surface area contributed by atoms with Gasteiger partial charge in [0.2, 0.25) is 0 Å². The monoisotopic (exact) mass is 292 g/mol. The summed E-state index contributed by atoms with van der Waals surface area (Å²) in [5, 5.41) is 4.71. The topological polar surface area (TPSA) is 15.3 Å². The van der Waals surface area contributed by atoms with Gasteiger partial charge in [0.05, 0.1) is 0 Å². The van der Waals surface area contributed by atoms with Crippen LogP contribution in [0.25, 0.3) is 0 Å². The van der Waals surface area contributed by atoms with Gasteiger partial charge < -0.3 is 5.32 Å². The first kappa shape index (κ1) is 14.4. The number of benzene rings is 1. The summed E-state index contributed by atoms with van der Waals surface area (Å²) in [5.74, 6) is 0.869. The maximum atomic E-state index is 6.34. The van der Waals surface area contributed by atoms with E-state index in [4.69, 9.17) is 11.6 Å². The molecule has 0 spiro atoms. The van der Waals surface area contributed by atoms with Crippen molar-refractivity contribution in [1.29, 1.82) is 0 Å². The van der Waals surface area contributed by atoms with Crippen LogP contribution in [0, 0.1) is 5.92 Å². The Morgan fingerprint density at radius 3 is 2.75 bits per heavy atom. The summed E-state index contributed by atoms with van der Waals surface area (Å²) in [6, 6.07) is 8.88. The SMILES string of the molecule is CCC1CNC(C)(C2CC2)CN1Cc1ccccc1Cl. The maximum Gasteiger partial charge on any atom is 0.0451 e. The third-order valence-corrected chi connectivity index (χ3v) is 5.44. The fourth-order valence-corrected chi connectivity index (χ4v) is 3.71. The summed E-state index contributed by atoms with van der Waals surface area (Å²) in [6.45, 7) is 7.90. The highest BCUT2D eigenvalue weighted by molar-refractivity contribution is 6.31. The van der Waals surface area contributed by atoms with Gasteiger partial charge in [-0.15, -0.1) is 0 Å². The molecule has 1 N–H and O–H groups in total. The Balaban J connectivity index is 1.75. The Morgan fingerprint density at radius 2 is 2.10 bits per heavy atom. The molecule has 2 nitrogen and oxygen atoms in total. The lowest BCUT2D eigenvalue weighted by Crippen LogP contribution is -2.63. The molecule has 1 aromatic carbocycles. The third-order valence-electron chi connectivity index (χ3n) is 5.07. The molecule has 20 heavy (non-hydrogen) atoms. The maximum absolute atomic E-state index is 6.34. The van der Waals surface area contributed by atoms with Gasteiger partial charge in [0, 0.05) is 36.2 Å². The van der Waals surface area contributed by atoms with Crippen LogP contribution in [-0.4, -0.2) is 29.6 Å². The molecule has 1 aliphatic heterocycles. The summed E-state index contributed by atoms with van der Waals surface area (Å²) in [6.07, 6.45) is 3.97.